The van der Waals surface area contributed by atoms with Crippen molar-refractivity contribution in [2.45, 2.75) is 6.54 Å². The van der Waals surface area contributed by atoms with Crippen LogP contribution in [0, 0.1) is 5.82 Å². The van der Waals surface area contributed by atoms with Gasteiger partial charge in [0.25, 0.3) is 5.91 Å². The number of methoxy groups -OCH3 is 1. The van der Waals surface area contributed by atoms with E-state index in [1.54, 1.807) is 43.8 Å². The van der Waals surface area contributed by atoms with Gasteiger partial charge in [-0.3, -0.25) is 9.89 Å². The summed E-state index contributed by atoms with van der Waals surface area (Å²) in [6.45, 7) is 0.198. The molecule has 0 unspecified atom stereocenters. The maximum absolute atomic E-state index is 13.1. The van der Waals surface area contributed by atoms with Crippen LogP contribution in [0.25, 0.3) is 11.1 Å². The largest absolute Gasteiger partial charge is 0.496 e. The molecule has 0 aliphatic rings. The standard InChI is InChI=1S/C18H15ClFN3O2/c1-25-17-6-11(3-5-15(17)13-9-22-23-10-13)18(24)21-8-12-2-4-14(20)7-16(12)19/h2-7,9-10H,8H2,1H3,(H,21,24)(H,22,23). The van der Waals surface area contributed by atoms with Gasteiger partial charge in [0.1, 0.15) is 11.6 Å². The molecule has 0 saturated carbocycles. The number of carbonyl (C=O) groups is 1. The molecule has 0 atom stereocenters. The van der Waals surface area contributed by atoms with Gasteiger partial charge in [-0.05, 0) is 35.9 Å². The zero-order valence-corrected chi connectivity index (χ0v) is 14.1. The summed E-state index contributed by atoms with van der Waals surface area (Å²) in [6, 6.07) is 9.21. The first-order valence-corrected chi connectivity index (χ1v) is 7.85. The van der Waals surface area contributed by atoms with Gasteiger partial charge < -0.3 is 10.1 Å². The molecule has 0 bridgehead atoms. The molecule has 2 aromatic carbocycles. The number of hydrogen-bond acceptors (Lipinski definition) is 3. The Morgan fingerprint density at radius 3 is 2.84 bits per heavy atom. The van der Waals surface area contributed by atoms with Gasteiger partial charge in [-0.15, -0.1) is 0 Å². The number of hydrogen-bond donors (Lipinski definition) is 2. The molecule has 0 saturated heterocycles. The number of aromatic amines is 1. The van der Waals surface area contributed by atoms with Gasteiger partial charge >= 0.3 is 0 Å². The number of benzene rings is 2. The van der Waals surface area contributed by atoms with Crippen molar-refractivity contribution in [1.29, 1.82) is 0 Å². The number of H-pyrrole nitrogens is 1. The number of nitrogens with zero attached hydrogens (tertiary/aromatic N) is 1. The van der Waals surface area contributed by atoms with E-state index in [0.717, 1.165) is 11.1 Å². The van der Waals surface area contributed by atoms with Gasteiger partial charge in [0.05, 0.1) is 13.3 Å². The smallest absolute Gasteiger partial charge is 0.251 e. The number of rotatable bonds is 5. The fraction of sp³-hybridized carbons (Fsp3) is 0.111. The lowest BCUT2D eigenvalue weighted by molar-refractivity contribution is 0.0950. The number of amides is 1. The Hall–Kier alpha value is -2.86. The van der Waals surface area contributed by atoms with Gasteiger partial charge in [0, 0.05) is 34.5 Å². The number of aromatic nitrogens is 2. The van der Waals surface area contributed by atoms with E-state index < -0.39 is 5.82 Å². The summed E-state index contributed by atoms with van der Waals surface area (Å²) in [5.41, 5.74) is 2.78. The second-order valence-corrected chi connectivity index (χ2v) is 5.73. The molecular formula is C18H15ClFN3O2. The Balaban J connectivity index is 1.76. The molecule has 3 rings (SSSR count). The lowest BCUT2D eigenvalue weighted by atomic mass is 10.1. The minimum Gasteiger partial charge on any atom is -0.496 e. The average Bonchev–Trinajstić information content (AvgIpc) is 3.14. The van der Waals surface area contributed by atoms with Gasteiger partial charge in [-0.1, -0.05) is 17.7 Å². The molecule has 1 amide bonds. The Morgan fingerprint density at radius 2 is 2.16 bits per heavy atom. The van der Waals surface area contributed by atoms with E-state index in [4.69, 9.17) is 16.3 Å². The molecule has 25 heavy (non-hydrogen) atoms. The third-order valence-electron chi connectivity index (χ3n) is 3.73. The van der Waals surface area contributed by atoms with Crippen LogP contribution in [0.1, 0.15) is 15.9 Å². The van der Waals surface area contributed by atoms with E-state index >= 15 is 0 Å². The van der Waals surface area contributed by atoms with Crippen LogP contribution >= 0.6 is 11.6 Å². The predicted molar refractivity (Wildman–Crippen MR) is 93.2 cm³/mol. The van der Waals surface area contributed by atoms with Crippen molar-refractivity contribution in [3.8, 4) is 16.9 Å². The van der Waals surface area contributed by atoms with Gasteiger partial charge in [0.2, 0.25) is 0 Å². The maximum atomic E-state index is 13.1. The summed E-state index contributed by atoms with van der Waals surface area (Å²) in [7, 11) is 1.54. The number of nitrogens with one attached hydrogen (secondary N) is 2. The highest BCUT2D eigenvalue weighted by atomic mass is 35.5. The Kier molecular flexibility index (Phi) is 5.00. The second-order valence-electron chi connectivity index (χ2n) is 5.32. The molecule has 0 aliphatic heterocycles. The molecule has 2 N–H and O–H groups in total. The lowest BCUT2D eigenvalue weighted by Crippen LogP contribution is -2.23. The van der Waals surface area contributed by atoms with E-state index in [2.05, 4.69) is 15.5 Å². The first-order chi connectivity index (χ1) is 12.1. The molecule has 3 aromatic rings. The van der Waals surface area contributed by atoms with E-state index in [0.29, 0.717) is 16.9 Å². The Bertz CT molecular complexity index is 897. The minimum absolute atomic E-state index is 0.198. The van der Waals surface area contributed by atoms with Crippen molar-refractivity contribution in [2.75, 3.05) is 7.11 Å². The minimum atomic E-state index is -0.417. The summed E-state index contributed by atoms with van der Waals surface area (Å²) in [5.74, 6) is -0.133. The lowest BCUT2D eigenvalue weighted by Gasteiger charge is -2.11. The third-order valence-corrected chi connectivity index (χ3v) is 4.08. The normalized spacial score (nSPS) is 10.5. The van der Waals surface area contributed by atoms with Crippen molar-refractivity contribution < 1.29 is 13.9 Å². The second kappa shape index (κ2) is 7.36. The zero-order chi connectivity index (χ0) is 17.8. The number of halogens is 2. The number of ether oxygens (including phenoxy) is 1. The SMILES string of the molecule is COc1cc(C(=O)NCc2ccc(F)cc2Cl)ccc1-c1cn[nH]c1. The van der Waals surface area contributed by atoms with Crippen LogP contribution in [0.2, 0.25) is 5.02 Å². The van der Waals surface area contributed by atoms with Crippen molar-refractivity contribution in [2.24, 2.45) is 0 Å². The van der Waals surface area contributed by atoms with Gasteiger partial charge in [-0.2, -0.15) is 5.10 Å². The average molecular weight is 360 g/mol. The predicted octanol–water partition coefficient (Wildman–Crippen LogP) is 3.81. The van der Waals surface area contributed by atoms with Crippen molar-refractivity contribution in [3.63, 3.8) is 0 Å². The molecule has 1 aromatic heterocycles. The highest BCUT2D eigenvalue weighted by Gasteiger charge is 2.13. The van der Waals surface area contributed by atoms with Crippen LogP contribution in [0.15, 0.2) is 48.8 Å². The molecule has 7 heteroatoms. The summed E-state index contributed by atoms with van der Waals surface area (Å²) < 4.78 is 18.4. The Morgan fingerprint density at radius 1 is 1.32 bits per heavy atom. The summed E-state index contributed by atoms with van der Waals surface area (Å²) in [5, 5.41) is 9.68. The molecule has 0 aliphatic carbocycles. The topological polar surface area (TPSA) is 67.0 Å². The molecule has 1 heterocycles. The molecule has 0 radical (unpaired) electrons. The van der Waals surface area contributed by atoms with Gasteiger partial charge in [0.15, 0.2) is 0 Å². The molecule has 128 valence electrons. The van der Waals surface area contributed by atoms with Crippen LogP contribution in [-0.4, -0.2) is 23.2 Å². The highest BCUT2D eigenvalue weighted by Crippen LogP contribution is 2.30. The monoisotopic (exact) mass is 359 g/mol. The van der Waals surface area contributed by atoms with Crippen molar-refractivity contribution >= 4 is 17.5 Å². The quantitative estimate of drug-likeness (QED) is 0.728. The van der Waals surface area contributed by atoms with E-state index in [-0.39, 0.29) is 17.5 Å². The van der Waals surface area contributed by atoms with E-state index in [9.17, 15) is 9.18 Å². The van der Waals surface area contributed by atoms with Crippen LogP contribution in [0.3, 0.4) is 0 Å². The number of carbonyl (C=O) groups excluding carboxylic acids is 1. The fourth-order valence-corrected chi connectivity index (χ4v) is 2.65. The zero-order valence-electron chi connectivity index (χ0n) is 13.3. The summed E-state index contributed by atoms with van der Waals surface area (Å²) in [6.07, 6.45) is 3.42. The van der Waals surface area contributed by atoms with Crippen molar-refractivity contribution in [1.82, 2.24) is 15.5 Å². The van der Waals surface area contributed by atoms with Crippen molar-refractivity contribution in [3.05, 3.63) is 70.8 Å². The van der Waals surface area contributed by atoms with Crippen LogP contribution < -0.4 is 10.1 Å². The molecule has 0 fully saturated rings. The molecular weight excluding hydrogens is 345 g/mol. The van der Waals surface area contributed by atoms with E-state index in [1.165, 1.54) is 12.1 Å². The van der Waals surface area contributed by atoms with Crippen LogP contribution in [-0.2, 0) is 6.54 Å². The third kappa shape index (κ3) is 3.80. The molecule has 5 nitrogen and oxygen atoms in total. The summed E-state index contributed by atoms with van der Waals surface area (Å²) in [4.78, 5) is 12.4. The first kappa shape index (κ1) is 17.0. The van der Waals surface area contributed by atoms with Crippen LogP contribution in [0.4, 0.5) is 4.39 Å². The first-order valence-electron chi connectivity index (χ1n) is 7.48. The molecule has 0 spiro atoms. The van der Waals surface area contributed by atoms with Crippen LogP contribution in [0.5, 0.6) is 5.75 Å². The fourth-order valence-electron chi connectivity index (χ4n) is 2.41. The summed E-state index contributed by atoms with van der Waals surface area (Å²) >= 11 is 5.96. The highest BCUT2D eigenvalue weighted by molar-refractivity contribution is 6.31. The Labute approximate surface area is 148 Å². The van der Waals surface area contributed by atoms with Gasteiger partial charge in [-0.25, -0.2) is 4.39 Å². The maximum Gasteiger partial charge on any atom is 0.251 e. The van der Waals surface area contributed by atoms with E-state index in [1.807, 2.05) is 0 Å².